The molecule has 2 fully saturated rings. The average molecular weight is 493 g/mol. The molecule has 0 bridgehead atoms. The van der Waals surface area contributed by atoms with Crippen molar-refractivity contribution in [3.63, 3.8) is 0 Å². The van der Waals surface area contributed by atoms with Gasteiger partial charge in [0.1, 0.15) is 0 Å². The maximum Gasteiger partial charge on any atom is 0.416 e. The minimum atomic E-state index is -4.53. The predicted octanol–water partition coefficient (Wildman–Crippen LogP) is 4.71. The molecule has 2 aliphatic rings. The minimum Gasteiger partial charge on any atom is -0.393 e. The monoisotopic (exact) mass is 492 g/mol. The van der Waals surface area contributed by atoms with Gasteiger partial charge in [-0.3, -0.25) is 14.5 Å². The van der Waals surface area contributed by atoms with E-state index in [9.17, 15) is 27.9 Å². The Balaban J connectivity index is 1.50. The van der Waals surface area contributed by atoms with Crippen LogP contribution in [-0.4, -0.2) is 45.3 Å². The SMILES string of the molecule is O=C(c1ccc(/C=C2\SC(=S)N(c3cccc(C(F)(F)F)c3)C2=O)cc1)N1CCC(O)CC1. The van der Waals surface area contributed by atoms with E-state index in [0.29, 0.717) is 37.1 Å². The largest absolute Gasteiger partial charge is 0.416 e. The number of anilines is 1. The Morgan fingerprint density at radius 2 is 1.79 bits per heavy atom. The summed E-state index contributed by atoms with van der Waals surface area (Å²) in [7, 11) is 0. The summed E-state index contributed by atoms with van der Waals surface area (Å²) in [4.78, 5) is 28.6. The van der Waals surface area contributed by atoms with Gasteiger partial charge in [-0.05, 0) is 54.8 Å². The number of amides is 2. The molecular weight excluding hydrogens is 473 g/mol. The summed E-state index contributed by atoms with van der Waals surface area (Å²) in [5, 5.41) is 9.60. The lowest BCUT2D eigenvalue weighted by Gasteiger charge is -2.29. The predicted molar refractivity (Wildman–Crippen MR) is 125 cm³/mol. The summed E-state index contributed by atoms with van der Waals surface area (Å²) in [6.45, 7) is 1.000. The first-order valence-electron chi connectivity index (χ1n) is 10.2. The third-order valence-corrected chi connectivity index (χ3v) is 6.73. The van der Waals surface area contributed by atoms with Crippen LogP contribution in [0.1, 0.15) is 34.3 Å². The van der Waals surface area contributed by atoms with Crippen molar-refractivity contribution in [3.05, 3.63) is 70.1 Å². The van der Waals surface area contributed by atoms with E-state index in [2.05, 4.69) is 0 Å². The van der Waals surface area contributed by atoms with E-state index in [1.807, 2.05) is 0 Å². The molecule has 0 unspecified atom stereocenters. The number of thioether (sulfide) groups is 1. The number of nitrogens with zero attached hydrogens (tertiary/aromatic N) is 2. The number of aliphatic hydroxyl groups is 1. The summed E-state index contributed by atoms with van der Waals surface area (Å²) in [6.07, 6.45) is -2.20. The maximum atomic E-state index is 13.0. The highest BCUT2D eigenvalue weighted by molar-refractivity contribution is 8.27. The molecule has 1 N–H and O–H groups in total. The second-order valence-electron chi connectivity index (χ2n) is 7.71. The first-order chi connectivity index (χ1) is 15.6. The molecule has 0 saturated carbocycles. The number of benzene rings is 2. The van der Waals surface area contributed by atoms with Crippen LogP contribution in [0.3, 0.4) is 0 Å². The third-order valence-electron chi connectivity index (χ3n) is 5.43. The molecule has 0 spiro atoms. The van der Waals surface area contributed by atoms with Gasteiger partial charge in [-0.15, -0.1) is 0 Å². The van der Waals surface area contributed by atoms with Crippen molar-refractivity contribution in [2.45, 2.75) is 25.1 Å². The maximum absolute atomic E-state index is 13.0. The molecule has 33 heavy (non-hydrogen) atoms. The zero-order valence-corrected chi connectivity index (χ0v) is 18.8. The van der Waals surface area contributed by atoms with Gasteiger partial charge in [-0.2, -0.15) is 13.2 Å². The number of carbonyl (C=O) groups is 2. The summed E-state index contributed by atoms with van der Waals surface area (Å²) < 4.78 is 39.3. The Labute approximate surface area is 197 Å². The van der Waals surface area contributed by atoms with Gasteiger partial charge in [0, 0.05) is 18.7 Å². The molecule has 2 amide bonds. The Hall–Kier alpha value is -2.69. The topological polar surface area (TPSA) is 60.9 Å². The zero-order valence-electron chi connectivity index (χ0n) is 17.2. The molecule has 10 heteroatoms. The van der Waals surface area contributed by atoms with Gasteiger partial charge in [0.25, 0.3) is 11.8 Å². The summed E-state index contributed by atoms with van der Waals surface area (Å²) >= 11 is 6.25. The summed E-state index contributed by atoms with van der Waals surface area (Å²) in [5.74, 6) is -0.624. The number of hydrogen-bond donors (Lipinski definition) is 1. The highest BCUT2D eigenvalue weighted by Crippen LogP contribution is 2.38. The average Bonchev–Trinajstić information content (AvgIpc) is 3.06. The van der Waals surface area contributed by atoms with E-state index in [-0.39, 0.29) is 26.9 Å². The van der Waals surface area contributed by atoms with Crippen LogP contribution in [0.2, 0.25) is 0 Å². The number of alkyl halides is 3. The molecule has 2 aliphatic heterocycles. The molecule has 2 saturated heterocycles. The normalized spacial score (nSPS) is 19.0. The van der Waals surface area contributed by atoms with Crippen LogP contribution in [0.4, 0.5) is 18.9 Å². The number of aliphatic hydroxyl groups excluding tert-OH is 1. The van der Waals surface area contributed by atoms with Gasteiger partial charge in [0.15, 0.2) is 4.32 Å². The van der Waals surface area contributed by atoms with Crippen molar-refractivity contribution >= 4 is 51.9 Å². The lowest BCUT2D eigenvalue weighted by atomic mass is 10.1. The van der Waals surface area contributed by atoms with Crippen molar-refractivity contribution in [1.82, 2.24) is 4.90 Å². The molecule has 0 aromatic heterocycles. The van der Waals surface area contributed by atoms with Crippen LogP contribution in [0.25, 0.3) is 6.08 Å². The molecule has 0 aliphatic carbocycles. The number of thiocarbonyl (C=S) groups is 1. The molecule has 2 heterocycles. The van der Waals surface area contributed by atoms with Gasteiger partial charge < -0.3 is 10.0 Å². The minimum absolute atomic E-state index is 0.0586. The molecule has 2 aromatic carbocycles. The number of halogens is 3. The Kier molecular flexibility index (Phi) is 6.60. The number of rotatable bonds is 3. The lowest BCUT2D eigenvalue weighted by Crippen LogP contribution is -2.40. The molecule has 5 nitrogen and oxygen atoms in total. The van der Waals surface area contributed by atoms with Crippen LogP contribution < -0.4 is 4.90 Å². The quantitative estimate of drug-likeness (QED) is 0.497. The standard InChI is InChI=1S/C23H19F3N2O3S2/c24-23(25,26)16-2-1-3-17(13-16)28-21(31)19(33-22(28)32)12-14-4-6-15(7-5-14)20(30)27-10-8-18(29)9-11-27/h1-7,12-13,18,29H,8-11H2/b19-12-. The van der Waals surface area contributed by atoms with Gasteiger partial charge in [0.05, 0.1) is 22.3 Å². The van der Waals surface area contributed by atoms with Gasteiger partial charge in [0.2, 0.25) is 0 Å². The molecule has 0 atom stereocenters. The fourth-order valence-electron chi connectivity index (χ4n) is 3.64. The Morgan fingerprint density at radius 3 is 2.42 bits per heavy atom. The molecular formula is C23H19F3N2O3S2. The van der Waals surface area contributed by atoms with E-state index < -0.39 is 17.6 Å². The van der Waals surface area contributed by atoms with E-state index in [0.717, 1.165) is 28.8 Å². The van der Waals surface area contributed by atoms with Gasteiger partial charge in [-0.1, -0.05) is 42.2 Å². The first-order valence-corrected chi connectivity index (χ1v) is 11.4. The summed E-state index contributed by atoms with van der Waals surface area (Å²) in [6, 6.07) is 11.2. The van der Waals surface area contributed by atoms with Crippen LogP contribution in [-0.2, 0) is 11.0 Å². The molecule has 4 rings (SSSR count). The summed E-state index contributed by atoms with van der Waals surface area (Å²) in [5.41, 5.74) is 0.357. The highest BCUT2D eigenvalue weighted by atomic mass is 32.2. The van der Waals surface area contributed by atoms with Crippen molar-refractivity contribution in [2.75, 3.05) is 18.0 Å². The smallest absolute Gasteiger partial charge is 0.393 e. The second-order valence-corrected chi connectivity index (χ2v) is 9.39. The van der Waals surface area contributed by atoms with Gasteiger partial charge in [-0.25, -0.2) is 0 Å². The zero-order chi connectivity index (χ0) is 23.8. The van der Waals surface area contributed by atoms with E-state index in [1.54, 1.807) is 35.2 Å². The van der Waals surface area contributed by atoms with Crippen LogP contribution in [0, 0.1) is 0 Å². The van der Waals surface area contributed by atoms with Crippen molar-refractivity contribution in [1.29, 1.82) is 0 Å². The molecule has 0 radical (unpaired) electrons. The van der Waals surface area contributed by atoms with Crippen molar-refractivity contribution in [3.8, 4) is 0 Å². The molecule has 2 aromatic rings. The van der Waals surface area contributed by atoms with E-state index >= 15 is 0 Å². The Bertz CT molecular complexity index is 1120. The number of hydrogen-bond acceptors (Lipinski definition) is 5. The number of likely N-dealkylation sites (tertiary alicyclic amines) is 1. The Morgan fingerprint density at radius 1 is 1.12 bits per heavy atom. The molecule has 172 valence electrons. The number of piperidine rings is 1. The highest BCUT2D eigenvalue weighted by Gasteiger charge is 2.36. The number of carbonyl (C=O) groups excluding carboxylic acids is 2. The van der Waals surface area contributed by atoms with Crippen LogP contribution in [0.15, 0.2) is 53.4 Å². The fraction of sp³-hybridized carbons (Fsp3) is 0.261. The van der Waals surface area contributed by atoms with Crippen molar-refractivity contribution < 1.29 is 27.9 Å². The second kappa shape index (κ2) is 9.28. The third kappa shape index (κ3) is 5.13. The van der Waals surface area contributed by atoms with E-state index in [4.69, 9.17) is 12.2 Å². The van der Waals surface area contributed by atoms with Crippen LogP contribution in [0.5, 0.6) is 0 Å². The fourth-order valence-corrected chi connectivity index (χ4v) is 4.94. The van der Waals surface area contributed by atoms with Crippen molar-refractivity contribution in [2.24, 2.45) is 0 Å². The first kappa shape index (κ1) is 23.5. The van der Waals surface area contributed by atoms with E-state index in [1.165, 1.54) is 12.1 Å². The lowest BCUT2D eigenvalue weighted by molar-refractivity contribution is -0.137. The van der Waals surface area contributed by atoms with Crippen LogP contribution >= 0.6 is 24.0 Å². The van der Waals surface area contributed by atoms with Gasteiger partial charge >= 0.3 is 6.18 Å².